The van der Waals surface area contributed by atoms with Crippen LogP contribution >= 0.6 is 0 Å². The first-order valence-corrected chi connectivity index (χ1v) is 7.84. The molecule has 1 saturated carbocycles. The van der Waals surface area contributed by atoms with Crippen LogP contribution in [0.1, 0.15) is 33.7 Å². The van der Waals surface area contributed by atoms with Gasteiger partial charge in [-0.15, -0.1) is 10.2 Å². The van der Waals surface area contributed by atoms with Crippen LogP contribution in [0.4, 0.5) is 17.5 Å². The molecule has 9 heteroatoms. The van der Waals surface area contributed by atoms with Crippen molar-refractivity contribution in [2.45, 2.75) is 18.9 Å². The van der Waals surface area contributed by atoms with Crippen LogP contribution in [0.2, 0.25) is 0 Å². The molecular formula is C16H19N7O2. The van der Waals surface area contributed by atoms with Crippen LogP contribution in [0.15, 0.2) is 24.3 Å². The number of anilines is 3. The summed E-state index contributed by atoms with van der Waals surface area (Å²) in [6.45, 7) is 0. The van der Waals surface area contributed by atoms with E-state index in [2.05, 4.69) is 25.8 Å². The van der Waals surface area contributed by atoms with Crippen molar-refractivity contribution in [3.63, 3.8) is 0 Å². The van der Waals surface area contributed by atoms with E-state index in [0.717, 1.165) is 12.8 Å². The number of amides is 2. The van der Waals surface area contributed by atoms with Gasteiger partial charge in [0.25, 0.3) is 11.8 Å². The van der Waals surface area contributed by atoms with Crippen molar-refractivity contribution >= 4 is 29.3 Å². The normalized spacial score (nSPS) is 13.2. The van der Waals surface area contributed by atoms with Crippen LogP contribution in [0.25, 0.3) is 0 Å². The number of nitrogens with two attached hydrogens (primary N) is 1. The molecule has 1 aromatic heterocycles. The summed E-state index contributed by atoms with van der Waals surface area (Å²) in [5, 5.41) is 13.9. The van der Waals surface area contributed by atoms with Gasteiger partial charge in [-0.05, 0) is 37.1 Å². The van der Waals surface area contributed by atoms with E-state index in [0.29, 0.717) is 23.1 Å². The number of hydrogen-bond donors (Lipinski definition) is 3. The SMILES string of the molecule is CN(C)C(=O)c1ccc(Nc2nnc(C(N)=O)c(NC3CC3)n2)cc1. The maximum Gasteiger partial charge on any atom is 0.273 e. The molecule has 1 aromatic carbocycles. The van der Waals surface area contributed by atoms with Gasteiger partial charge in [-0.1, -0.05) is 0 Å². The number of carbonyl (C=O) groups is 2. The van der Waals surface area contributed by atoms with Crippen LogP contribution in [0.3, 0.4) is 0 Å². The van der Waals surface area contributed by atoms with Gasteiger partial charge < -0.3 is 21.3 Å². The van der Waals surface area contributed by atoms with Gasteiger partial charge in [-0.2, -0.15) is 4.98 Å². The third-order valence-corrected chi connectivity index (χ3v) is 3.63. The lowest BCUT2D eigenvalue weighted by molar-refractivity contribution is 0.0827. The van der Waals surface area contributed by atoms with Crippen LogP contribution < -0.4 is 16.4 Å². The summed E-state index contributed by atoms with van der Waals surface area (Å²) in [5.74, 6) is -0.195. The Hall–Kier alpha value is -3.23. The van der Waals surface area contributed by atoms with Crippen molar-refractivity contribution in [3.05, 3.63) is 35.5 Å². The maximum absolute atomic E-state index is 11.9. The van der Waals surface area contributed by atoms with E-state index < -0.39 is 5.91 Å². The van der Waals surface area contributed by atoms with Crippen LogP contribution in [0, 0.1) is 0 Å². The lowest BCUT2D eigenvalue weighted by Gasteiger charge is -2.11. The van der Waals surface area contributed by atoms with Gasteiger partial charge in [0.05, 0.1) is 0 Å². The first kappa shape index (κ1) is 16.6. The molecule has 4 N–H and O–H groups in total. The molecule has 0 unspecified atom stereocenters. The highest BCUT2D eigenvalue weighted by molar-refractivity contribution is 5.95. The zero-order valence-electron chi connectivity index (χ0n) is 14.0. The number of carbonyl (C=O) groups excluding carboxylic acids is 2. The molecule has 2 amide bonds. The molecule has 0 spiro atoms. The fourth-order valence-corrected chi connectivity index (χ4v) is 2.15. The van der Waals surface area contributed by atoms with Crippen molar-refractivity contribution in [1.82, 2.24) is 20.1 Å². The molecule has 1 aliphatic rings. The number of benzene rings is 1. The molecule has 0 atom stereocenters. The second-order valence-electron chi connectivity index (χ2n) is 6.02. The summed E-state index contributed by atoms with van der Waals surface area (Å²) in [6.07, 6.45) is 2.04. The van der Waals surface area contributed by atoms with E-state index >= 15 is 0 Å². The first-order chi connectivity index (χ1) is 11.9. The molecule has 130 valence electrons. The van der Waals surface area contributed by atoms with Crippen LogP contribution in [-0.2, 0) is 0 Å². The van der Waals surface area contributed by atoms with E-state index in [9.17, 15) is 9.59 Å². The second kappa shape index (κ2) is 6.71. The van der Waals surface area contributed by atoms with Gasteiger partial charge in [0.2, 0.25) is 5.95 Å². The van der Waals surface area contributed by atoms with Crippen molar-refractivity contribution < 1.29 is 9.59 Å². The lowest BCUT2D eigenvalue weighted by Crippen LogP contribution is -2.21. The van der Waals surface area contributed by atoms with Crippen molar-refractivity contribution in [2.75, 3.05) is 24.7 Å². The van der Waals surface area contributed by atoms with Gasteiger partial charge >= 0.3 is 0 Å². The van der Waals surface area contributed by atoms with E-state index in [1.54, 1.807) is 38.4 Å². The van der Waals surface area contributed by atoms with Gasteiger partial charge in [-0.25, -0.2) is 0 Å². The first-order valence-electron chi connectivity index (χ1n) is 7.84. The van der Waals surface area contributed by atoms with Gasteiger partial charge in [0.15, 0.2) is 11.5 Å². The number of nitrogens with one attached hydrogen (secondary N) is 2. The fraction of sp³-hybridized carbons (Fsp3) is 0.312. The summed E-state index contributed by atoms with van der Waals surface area (Å²) in [5.41, 5.74) is 6.60. The minimum absolute atomic E-state index is 0.0179. The number of rotatable bonds is 6. The van der Waals surface area contributed by atoms with E-state index in [1.807, 2.05) is 0 Å². The smallest absolute Gasteiger partial charge is 0.273 e. The topological polar surface area (TPSA) is 126 Å². The Morgan fingerprint density at radius 2 is 1.84 bits per heavy atom. The van der Waals surface area contributed by atoms with Crippen LogP contribution in [0.5, 0.6) is 0 Å². The molecule has 1 aliphatic carbocycles. The zero-order valence-corrected chi connectivity index (χ0v) is 14.0. The van der Waals surface area contributed by atoms with E-state index in [4.69, 9.17) is 5.73 Å². The molecule has 9 nitrogen and oxygen atoms in total. The number of nitrogens with zero attached hydrogens (tertiary/aromatic N) is 4. The molecule has 2 aromatic rings. The Morgan fingerprint density at radius 1 is 1.16 bits per heavy atom. The Kier molecular flexibility index (Phi) is 4.46. The van der Waals surface area contributed by atoms with Crippen LogP contribution in [-0.4, -0.2) is 52.0 Å². The maximum atomic E-state index is 11.9. The third kappa shape index (κ3) is 4.00. The quantitative estimate of drug-likeness (QED) is 0.715. The van der Waals surface area contributed by atoms with Crippen molar-refractivity contribution in [1.29, 1.82) is 0 Å². The Balaban J connectivity index is 1.78. The Labute approximate surface area is 144 Å². The minimum atomic E-state index is -0.679. The highest BCUT2D eigenvalue weighted by atomic mass is 16.2. The largest absolute Gasteiger partial charge is 0.365 e. The molecule has 0 aliphatic heterocycles. The lowest BCUT2D eigenvalue weighted by atomic mass is 10.2. The summed E-state index contributed by atoms with van der Waals surface area (Å²) in [7, 11) is 3.39. The summed E-state index contributed by atoms with van der Waals surface area (Å²) < 4.78 is 0. The van der Waals surface area contributed by atoms with Crippen molar-refractivity contribution in [2.24, 2.45) is 5.73 Å². The molecule has 25 heavy (non-hydrogen) atoms. The number of aromatic nitrogens is 3. The third-order valence-electron chi connectivity index (χ3n) is 3.63. The summed E-state index contributed by atoms with van der Waals surface area (Å²) in [4.78, 5) is 29.1. The Morgan fingerprint density at radius 3 is 2.40 bits per heavy atom. The molecule has 0 saturated heterocycles. The fourth-order valence-electron chi connectivity index (χ4n) is 2.15. The predicted octanol–water partition coefficient (Wildman–Crippen LogP) is 0.990. The predicted molar refractivity (Wildman–Crippen MR) is 92.7 cm³/mol. The zero-order chi connectivity index (χ0) is 18.0. The average molecular weight is 341 g/mol. The van der Waals surface area contributed by atoms with Gasteiger partial charge in [0, 0.05) is 31.4 Å². The highest BCUT2D eigenvalue weighted by Crippen LogP contribution is 2.25. The standard InChI is InChI=1S/C16H19N7O2/c1-23(2)15(25)9-3-5-11(6-4-9)19-16-20-14(18-10-7-8-10)12(13(17)24)21-22-16/h3-6,10H,7-8H2,1-2H3,(H2,17,24)(H2,18,19,20,22). The molecule has 0 radical (unpaired) electrons. The Bertz CT molecular complexity index is 801. The average Bonchev–Trinajstić information content (AvgIpc) is 3.39. The molecular weight excluding hydrogens is 322 g/mol. The van der Waals surface area contributed by atoms with E-state index in [1.165, 1.54) is 4.90 Å². The second-order valence-corrected chi connectivity index (χ2v) is 6.02. The number of hydrogen-bond acceptors (Lipinski definition) is 7. The molecule has 3 rings (SSSR count). The summed E-state index contributed by atoms with van der Waals surface area (Å²) >= 11 is 0. The molecule has 1 fully saturated rings. The van der Waals surface area contributed by atoms with Gasteiger partial charge in [0.1, 0.15) is 0 Å². The molecule has 1 heterocycles. The summed E-state index contributed by atoms with van der Waals surface area (Å²) in [6, 6.07) is 7.20. The minimum Gasteiger partial charge on any atom is -0.365 e. The monoisotopic (exact) mass is 341 g/mol. The number of primary amides is 1. The highest BCUT2D eigenvalue weighted by Gasteiger charge is 2.25. The van der Waals surface area contributed by atoms with E-state index in [-0.39, 0.29) is 17.5 Å². The van der Waals surface area contributed by atoms with Gasteiger partial charge in [-0.3, -0.25) is 9.59 Å². The molecule has 0 bridgehead atoms. The van der Waals surface area contributed by atoms with Crippen molar-refractivity contribution in [3.8, 4) is 0 Å².